The normalized spacial score (nSPS) is 15.4. The molecule has 0 unspecified atom stereocenters. The Morgan fingerprint density at radius 2 is 1.50 bits per heavy atom. The van der Waals surface area contributed by atoms with Crippen LogP contribution >= 0.6 is 12.4 Å². The smallest absolute Gasteiger partial charge is 0.391 e. The summed E-state index contributed by atoms with van der Waals surface area (Å²) in [5.74, 6) is -0.441. The Hall–Kier alpha value is -0.990. The molecule has 2 atom stereocenters. The quantitative estimate of drug-likeness (QED) is 0.803. The van der Waals surface area contributed by atoms with Gasteiger partial charge in [-0.15, -0.1) is 12.4 Å². The number of alkyl halides is 6. The molecule has 0 fully saturated rings. The Labute approximate surface area is 129 Å². The molecule has 0 saturated carbocycles. The minimum atomic E-state index is -5.00. The molecule has 0 radical (unpaired) electrons. The van der Waals surface area contributed by atoms with Crippen LogP contribution in [0.1, 0.15) is 36.6 Å². The molecular weight excluding hydrogens is 336 g/mol. The average molecular weight is 352 g/mol. The van der Waals surface area contributed by atoms with E-state index < -0.39 is 47.1 Å². The zero-order valence-corrected chi connectivity index (χ0v) is 12.5. The molecule has 1 aromatic carbocycles. The second-order valence-corrected chi connectivity index (χ2v) is 5.06. The predicted octanol–water partition coefficient (Wildman–Crippen LogP) is 4.16. The summed E-state index contributed by atoms with van der Waals surface area (Å²) >= 11 is 0. The van der Waals surface area contributed by atoms with Crippen LogP contribution in [0.15, 0.2) is 18.2 Å². The van der Waals surface area contributed by atoms with Crippen molar-refractivity contribution in [3.05, 3.63) is 34.9 Å². The minimum Gasteiger partial charge on any atom is -0.391 e. The van der Waals surface area contributed by atoms with Crippen LogP contribution in [0.25, 0.3) is 0 Å². The lowest BCUT2D eigenvalue weighted by molar-refractivity contribution is -0.143. The second-order valence-electron chi connectivity index (χ2n) is 5.06. The van der Waals surface area contributed by atoms with Crippen molar-refractivity contribution in [3.63, 3.8) is 0 Å². The third-order valence-electron chi connectivity index (χ3n) is 3.10. The van der Waals surface area contributed by atoms with Crippen LogP contribution in [-0.2, 0) is 12.4 Å². The van der Waals surface area contributed by atoms with Crippen LogP contribution in [0.5, 0.6) is 0 Å². The maximum absolute atomic E-state index is 12.9. The molecule has 0 aromatic heterocycles. The van der Waals surface area contributed by atoms with Crippen LogP contribution in [0.4, 0.5) is 26.3 Å². The summed E-state index contributed by atoms with van der Waals surface area (Å²) in [6, 6.07) is -0.217. The van der Waals surface area contributed by atoms with Gasteiger partial charge in [-0.25, -0.2) is 0 Å². The van der Waals surface area contributed by atoms with Crippen LogP contribution < -0.4 is 5.73 Å². The van der Waals surface area contributed by atoms with Gasteiger partial charge >= 0.3 is 12.4 Å². The molecule has 0 amide bonds. The number of nitrogens with two attached hydrogens (primary N) is 1. The fraction of sp³-hybridized carbons (Fsp3) is 0.538. The fourth-order valence-electron chi connectivity index (χ4n) is 1.87. The summed E-state index contributed by atoms with van der Waals surface area (Å²) in [6.07, 6.45) is -11.2. The van der Waals surface area contributed by atoms with E-state index in [0.717, 1.165) is 0 Å². The molecule has 0 bridgehead atoms. The molecule has 128 valence electrons. The molecule has 0 saturated heterocycles. The number of hydrogen-bond acceptors (Lipinski definition) is 2. The zero-order valence-electron chi connectivity index (χ0n) is 11.7. The van der Waals surface area contributed by atoms with Gasteiger partial charge in [0, 0.05) is 0 Å². The van der Waals surface area contributed by atoms with Gasteiger partial charge in [-0.2, -0.15) is 26.3 Å². The summed E-state index contributed by atoms with van der Waals surface area (Å²) in [6.45, 7) is 3.09. The van der Waals surface area contributed by atoms with E-state index in [1.54, 1.807) is 13.8 Å². The first-order valence-corrected chi connectivity index (χ1v) is 6.07. The fourth-order valence-corrected chi connectivity index (χ4v) is 1.87. The van der Waals surface area contributed by atoms with Gasteiger partial charge in [0.15, 0.2) is 0 Å². The molecule has 0 aliphatic heterocycles. The van der Waals surface area contributed by atoms with Crippen molar-refractivity contribution in [2.45, 2.75) is 38.3 Å². The van der Waals surface area contributed by atoms with Gasteiger partial charge in [0.2, 0.25) is 0 Å². The molecule has 1 aromatic rings. The van der Waals surface area contributed by atoms with Gasteiger partial charge in [-0.1, -0.05) is 19.9 Å². The van der Waals surface area contributed by atoms with Gasteiger partial charge in [0.1, 0.15) is 0 Å². The van der Waals surface area contributed by atoms with E-state index in [2.05, 4.69) is 0 Å². The lowest BCUT2D eigenvalue weighted by Gasteiger charge is -2.26. The summed E-state index contributed by atoms with van der Waals surface area (Å²) in [5, 5.41) is 9.75. The standard InChI is InChI=1S/C13H15F6NO.ClH/c1-6(2)11(21)10(20)8-4-3-7(12(14,15)16)5-9(8)13(17,18)19;/h3-6,10-11,21H,20H2,1-2H3;1H/t10-,11+;/m0./s1. The van der Waals surface area contributed by atoms with Crippen LogP contribution in [-0.4, -0.2) is 11.2 Å². The van der Waals surface area contributed by atoms with E-state index >= 15 is 0 Å². The average Bonchev–Trinajstić information content (AvgIpc) is 2.34. The van der Waals surface area contributed by atoms with Crippen molar-refractivity contribution < 1.29 is 31.4 Å². The van der Waals surface area contributed by atoms with E-state index in [4.69, 9.17) is 5.73 Å². The maximum Gasteiger partial charge on any atom is 0.416 e. The summed E-state index contributed by atoms with van der Waals surface area (Å²) in [5.41, 5.74) is 2.11. The Balaban J connectivity index is 0.00000441. The molecule has 9 heteroatoms. The summed E-state index contributed by atoms with van der Waals surface area (Å²) in [7, 11) is 0. The number of rotatable bonds is 3. The minimum absolute atomic E-state index is 0. The van der Waals surface area contributed by atoms with E-state index in [9.17, 15) is 31.4 Å². The van der Waals surface area contributed by atoms with Gasteiger partial charge in [0.05, 0.1) is 23.3 Å². The second kappa shape index (κ2) is 7.06. The van der Waals surface area contributed by atoms with Crippen molar-refractivity contribution in [3.8, 4) is 0 Å². The molecule has 0 spiro atoms. The Morgan fingerprint density at radius 3 is 1.86 bits per heavy atom. The highest BCUT2D eigenvalue weighted by atomic mass is 35.5. The Bertz CT molecular complexity index is 500. The maximum atomic E-state index is 12.9. The van der Waals surface area contributed by atoms with Gasteiger partial charge in [-0.3, -0.25) is 0 Å². The summed E-state index contributed by atoms with van der Waals surface area (Å²) < 4.78 is 76.4. The molecule has 3 N–H and O–H groups in total. The van der Waals surface area contributed by atoms with E-state index in [1.165, 1.54) is 0 Å². The molecule has 1 rings (SSSR count). The largest absolute Gasteiger partial charge is 0.416 e. The predicted molar refractivity (Wildman–Crippen MR) is 71.5 cm³/mol. The number of aliphatic hydroxyl groups excluding tert-OH is 1. The van der Waals surface area contributed by atoms with E-state index in [1.807, 2.05) is 0 Å². The monoisotopic (exact) mass is 351 g/mol. The van der Waals surface area contributed by atoms with Crippen molar-refractivity contribution in [2.75, 3.05) is 0 Å². The first-order chi connectivity index (χ1) is 9.35. The van der Waals surface area contributed by atoms with E-state index in [0.29, 0.717) is 12.1 Å². The van der Waals surface area contributed by atoms with Crippen molar-refractivity contribution in [1.82, 2.24) is 0 Å². The van der Waals surface area contributed by atoms with Gasteiger partial charge < -0.3 is 10.8 Å². The van der Waals surface area contributed by atoms with Gasteiger partial charge in [-0.05, 0) is 23.6 Å². The van der Waals surface area contributed by atoms with Crippen molar-refractivity contribution in [1.29, 1.82) is 0 Å². The third kappa shape index (κ3) is 4.76. The topological polar surface area (TPSA) is 46.2 Å². The van der Waals surface area contributed by atoms with E-state index in [-0.39, 0.29) is 18.5 Å². The number of aliphatic hydroxyl groups is 1. The lowest BCUT2D eigenvalue weighted by atomic mass is 9.90. The highest BCUT2D eigenvalue weighted by Gasteiger charge is 2.40. The number of halogens is 7. The van der Waals surface area contributed by atoms with Crippen molar-refractivity contribution >= 4 is 12.4 Å². The molecular formula is C13H16ClF6NO. The van der Waals surface area contributed by atoms with Crippen LogP contribution in [0, 0.1) is 5.92 Å². The Kier molecular flexibility index (Phi) is 6.74. The highest BCUT2D eigenvalue weighted by molar-refractivity contribution is 5.85. The molecule has 2 nitrogen and oxygen atoms in total. The van der Waals surface area contributed by atoms with Crippen LogP contribution in [0.3, 0.4) is 0 Å². The highest BCUT2D eigenvalue weighted by Crippen LogP contribution is 2.39. The van der Waals surface area contributed by atoms with Gasteiger partial charge in [0.25, 0.3) is 0 Å². The lowest BCUT2D eigenvalue weighted by Crippen LogP contribution is -2.32. The summed E-state index contributed by atoms with van der Waals surface area (Å²) in [4.78, 5) is 0. The molecule has 0 aliphatic rings. The first-order valence-electron chi connectivity index (χ1n) is 6.07. The SMILES string of the molecule is CC(C)[C@@H](O)[C@@H](N)c1ccc(C(F)(F)F)cc1C(F)(F)F.Cl. The van der Waals surface area contributed by atoms with Crippen LogP contribution in [0.2, 0.25) is 0 Å². The first kappa shape index (κ1) is 21.0. The molecule has 0 heterocycles. The Morgan fingerprint density at radius 1 is 1.00 bits per heavy atom. The van der Waals surface area contributed by atoms with Crippen molar-refractivity contribution in [2.24, 2.45) is 11.7 Å². The molecule has 0 aliphatic carbocycles. The number of hydrogen-bond donors (Lipinski definition) is 2. The molecule has 22 heavy (non-hydrogen) atoms. The number of benzene rings is 1. The third-order valence-corrected chi connectivity index (χ3v) is 3.10. The zero-order chi connectivity index (χ0) is 16.6.